The van der Waals surface area contributed by atoms with E-state index in [1.165, 1.54) is 7.11 Å². The minimum absolute atomic E-state index is 0.0545. The quantitative estimate of drug-likeness (QED) is 0.512. The Kier molecular flexibility index (Phi) is 6.66. The van der Waals surface area contributed by atoms with Crippen LogP contribution in [0.2, 0.25) is 5.02 Å². The SMILES string of the molecule is COc1ccc(N2C[C@@H](c3nnc(SCC(=O)Nc4ccc(C)cc4)o3)CC2=O)cc1Cl. The lowest BCUT2D eigenvalue weighted by atomic mass is 10.1. The number of carbonyl (C=O) groups is 2. The highest BCUT2D eigenvalue weighted by molar-refractivity contribution is 7.99. The lowest BCUT2D eigenvalue weighted by Crippen LogP contribution is -2.24. The van der Waals surface area contributed by atoms with Gasteiger partial charge in [-0.3, -0.25) is 9.59 Å². The Morgan fingerprint density at radius 3 is 2.78 bits per heavy atom. The van der Waals surface area contributed by atoms with Crippen LogP contribution in [0, 0.1) is 6.92 Å². The number of halogens is 1. The van der Waals surface area contributed by atoms with Gasteiger partial charge >= 0.3 is 0 Å². The molecule has 2 aromatic carbocycles. The number of anilines is 2. The zero-order chi connectivity index (χ0) is 22.7. The van der Waals surface area contributed by atoms with Crippen molar-refractivity contribution in [3.63, 3.8) is 0 Å². The third-order valence-electron chi connectivity index (χ3n) is 5.01. The first kappa shape index (κ1) is 22.2. The average Bonchev–Trinajstić information content (AvgIpc) is 3.40. The van der Waals surface area contributed by atoms with Crippen LogP contribution >= 0.6 is 23.4 Å². The summed E-state index contributed by atoms with van der Waals surface area (Å²) in [7, 11) is 1.54. The summed E-state index contributed by atoms with van der Waals surface area (Å²) in [6.45, 7) is 2.39. The lowest BCUT2D eigenvalue weighted by Gasteiger charge is -2.17. The van der Waals surface area contributed by atoms with Gasteiger partial charge in [-0.15, -0.1) is 10.2 Å². The first-order chi connectivity index (χ1) is 15.4. The maximum Gasteiger partial charge on any atom is 0.277 e. The minimum atomic E-state index is -0.230. The fourth-order valence-electron chi connectivity index (χ4n) is 3.35. The normalized spacial score (nSPS) is 15.8. The molecule has 1 aliphatic rings. The number of hydrogen-bond donors (Lipinski definition) is 1. The molecule has 32 heavy (non-hydrogen) atoms. The molecule has 3 aromatic rings. The van der Waals surface area contributed by atoms with E-state index in [2.05, 4.69) is 15.5 Å². The zero-order valence-corrected chi connectivity index (χ0v) is 19.1. The van der Waals surface area contributed by atoms with Gasteiger partial charge in [0.25, 0.3) is 5.22 Å². The molecule has 1 fully saturated rings. The molecule has 4 rings (SSSR count). The largest absolute Gasteiger partial charge is 0.495 e. The van der Waals surface area contributed by atoms with Crippen LogP contribution in [0.1, 0.15) is 23.8 Å². The van der Waals surface area contributed by atoms with E-state index in [0.29, 0.717) is 28.9 Å². The van der Waals surface area contributed by atoms with E-state index in [-0.39, 0.29) is 35.1 Å². The van der Waals surface area contributed by atoms with Crippen molar-refractivity contribution in [1.82, 2.24) is 10.2 Å². The van der Waals surface area contributed by atoms with Gasteiger partial charge in [-0.05, 0) is 37.3 Å². The molecule has 0 unspecified atom stereocenters. The van der Waals surface area contributed by atoms with Crippen molar-refractivity contribution >= 4 is 46.6 Å². The van der Waals surface area contributed by atoms with Crippen molar-refractivity contribution in [2.75, 3.05) is 29.6 Å². The van der Waals surface area contributed by atoms with E-state index in [1.54, 1.807) is 23.1 Å². The number of nitrogens with zero attached hydrogens (tertiary/aromatic N) is 3. The monoisotopic (exact) mass is 472 g/mol. The summed E-state index contributed by atoms with van der Waals surface area (Å²) in [6.07, 6.45) is 0.254. The second-order valence-corrected chi connectivity index (χ2v) is 8.67. The third kappa shape index (κ3) is 5.05. The van der Waals surface area contributed by atoms with E-state index < -0.39 is 0 Å². The molecule has 1 saturated heterocycles. The summed E-state index contributed by atoms with van der Waals surface area (Å²) in [5.41, 5.74) is 2.54. The summed E-state index contributed by atoms with van der Waals surface area (Å²) in [5.74, 6) is 0.602. The lowest BCUT2D eigenvalue weighted by molar-refractivity contribution is -0.117. The molecule has 8 nitrogen and oxygen atoms in total. The number of rotatable bonds is 7. The number of nitrogens with one attached hydrogen (secondary N) is 1. The molecule has 10 heteroatoms. The molecule has 0 saturated carbocycles. The molecule has 0 spiro atoms. The van der Waals surface area contributed by atoms with Crippen LogP contribution in [0.15, 0.2) is 52.1 Å². The smallest absolute Gasteiger partial charge is 0.277 e. The van der Waals surface area contributed by atoms with Crippen LogP contribution in [0.4, 0.5) is 11.4 Å². The predicted molar refractivity (Wildman–Crippen MR) is 123 cm³/mol. The maximum atomic E-state index is 12.5. The summed E-state index contributed by atoms with van der Waals surface area (Å²) in [4.78, 5) is 26.3. The van der Waals surface area contributed by atoms with Crippen molar-refractivity contribution in [2.45, 2.75) is 24.5 Å². The highest BCUT2D eigenvalue weighted by Crippen LogP contribution is 2.35. The standard InChI is InChI=1S/C22H21ClN4O4S/c1-13-3-5-15(6-4-13)24-19(28)12-32-22-26-25-21(31-22)14-9-20(29)27(11-14)16-7-8-18(30-2)17(23)10-16/h3-8,10,14H,9,11-12H2,1-2H3,(H,24,28)/t14-/m0/s1. The Balaban J connectivity index is 1.34. The maximum absolute atomic E-state index is 12.5. The number of carbonyl (C=O) groups excluding carboxylic acids is 2. The topological polar surface area (TPSA) is 97.6 Å². The summed E-state index contributed by atoms with van der Waals surface area (Å²) in [6, 6.07) is 12.8. The van der Waals surface area contributed by atoms with E-state index >= 15 is 0 Å². The highest BCUT2D eigenvalue weighted by Gasteiger charge is 2.35. The van der Waals surface area contributed by atoms with Gasteiger partial charge in [0, 0.05) is 24.3 Å². The molecule has 1 aromatic heterocycles. The van der Waals surface area contributed by atoms with Crippen LogP contribution in [0.3, 0.4) is 0 Å². The molecular weight excluding hydrogens is 452 g/mol. The van der Waals surface area contributed by atoms with E-state index in [0.717, 1.165) is 23.0 Å². The second-order valence-electron chi connectivity index (χ2n) is 7.33. The van der Waals surface area contributed by atoms with E-state index in [1.807, 2.05) is 31.2 Å². The van der Waals surface area contributed by atoms with Crippen LogP contribution in [-0.4, -0.2) is 41.4 Å². The van der Waals surface area contributed by atoms with Gasteiger partial charge in [-0.25, -0.2) is 0 Å². The fourth-order valence-corrected chi connectivity index (χ4v) is 4.17. The number of aryl methyl sites for hydroxylation is 1. The van der Waals surface area contributed by atoms with Crippen LogP contribution in [-0.2, 0) is 9.59 Å². The molecule has 166 valence electrons. The number of hydrogen-bond acceptors (Lipinski definition) is 7. The fraction of sp³-hybridized carbons (Fsp3) is 0.273. The number of ether oxygens (including phenoxy) is 1. The highest BCUT2D eigenvalue weighted by atomic mass is 35.5. The number of methoxy groups -OCH3 is 1. The van der Waals surface area contributed by atoms with Crippen LogP contribution in [0.25, 0.3) is 0 Å². The number of benzene rings is 2. The van der Waals surface area contributed by atoms with Gasteiger partial charge in [0.2, 0.25) is 17.7 Å². The number of amides is 2. The van der Waals surface area contributed by atoms with E-state index in [9.17, 15) is 9.59 Å². The molecule has 0 bridgehead atoms. The minimum Gasteiger partial charge on any atom is -0.495 e. The average molecular weight is 473 g/mol. The predicted octanol–water partition coefficient (Wildman–Crippen LogP) is 4.29. The first-order valence-electron chi connectivity index (χ1n) is 9.89. The van der Waals surface area contributed by atoms with E-state index in [4.69, 9.17) is 20.8 Å². The Hall–Kier alpha value is -3.04. The Morgan fingerprint density at radius 1 is 1.28 bits per heavy atom. The second kappa shape index (κ2) is 9.62. The van der Waals surface area contributed by atoms with Gasteiger partial charge in [-0.2, -0.15) is 0 Å². The molecule has 1 aliphatic heterocycles. The summed E-state index contributed by atoms with van der Waals surface area (Å²) in [5, 5.41) is 11.6. The van der Waals surface area contributed by atoms with Crippen molar-refractivity contribution in [2.24, 2.45) is 0 Å². The van der Waals surface area contributed by atoms with Crippen molar-refractivity contribution in [1.29, 1.82) is 0 Å². The number of thioether (sulfide) groups is 1. The van der Waals surface area contributed by atoms with Crippen molar-refractivity contribution in [3.05, 3.63) is 58.9 Å². The summed E-state index contributed by atoms with van der Waals surface area (Å²) < 4.78 is 10.9. The first-order valence-corrected chi connectivity index (χ1v) is 11.3. The van der Waals surface area contributed by atoms with Gasteiger partial charge in [-0.1, -0.05) is 41.1 Å². The van der Waals surface area contributed by atoms with Gasteiger partial charge in [0.05, 0.1) is 23.8 Å². The third-order valence-corrected chi connectivity index (χ3v) is 6.12. The summed E-state index contributed by atoms with van der Waals surface area (Å²) >= 11 is 7.34. The van der Waals surface area contributed by atoms with Crippen molar-refractivity contribution < 1.29 is 18.7 Å². The zero-order valence-electron chi connectivity index (χ0n) is 17.5. The molecule has 2 heterocycles. The molecule has 0 aliphatic carbocycles. The Labute approximate surface area is 194 Å². The molecule has 1 atom stereocenters. The van der Waals surface area contributed by atoms with Gasteiger partial charge in [0.15, 0.2) is 0 Å². The van der Waals surface area contributed by atoms with Gasteiger partial charge in [0.1, 0.15) is 5.75 Å². The molecule has 2 amide bonds. The van der Waals surface area contributed by atoms with Crippen LogP contribution in [0.5, 0.6) is 5.75 Å². The van der Waals surface area contributed by atoms with Crippen LogP contribution < -0.4 is 15.0 Å². The molecule has 0 radical (unpaired) electrons. The van der Waals surface area contributed by atoms with Gasteiger partial charge < -0.3 is 19.4 Å². The molecule has 1 N–H and O–H groups in total. The number of aromatic nitrogens is 2. The Morgan fingerprint density at radius 2 is 2.06 bits per heavy atom. The van der Waals surface area contributed by atoms with Crippen molar-refractivity contribution in [3.8, 4) is 5.75 Å². The Bertz CT molecular complexity index is 1140. The molecular formula is C22H21ClN4O4S.